The summed E-state index contributed by atoms with van der Waals surface area (Å²) in [6.07, 6.45) is 1.00. The number of carbonyl (C=O) groups excluding carboxylic acids is 1. The summed E-state index contributed by atoms with van der Waals surface area (Å²) in [6.45, 7) is 0. The molecule has 1 saturated heterocycles. The second kappa shape index (κ2) is 7.78. The zero-order valence-corrected chi connectivity index (χ0v) is 14.5. The van der Waals surface area contributed by atoms with Gasteiger partial charge in [-0.3, -0.25) is 14.5 Å². The van der Waals surface area contributed by atoms with E-state index in [4.69, 9.17) is 28.9 Å². The molecule has 0 radical (unpaired) electrons. The molecule has 1 unspecified atom stereocenters. The quantitative estimate of drug-likeness (QED) is 0.574. The lowest BCUT2D eigenvalue weighted by Crippen LogP contribution is -2.44. The van der Waals surface area contributed by atoms with Gasteiger partial charge >= 0.3 is 11.9 Å². The van der Waals surface area contributed by atoms with E-state index in [1.807, 2.05) is 0 Å². The van der Waals surface area contributed by atoms with E-state index in [9.17, 15) is 19.5 Å². The van der Waals surface area contributed by atoms with Crippen LogP contribution in [0.4, 0.5) is 0 Å². The minimum Gasteiger partial charge on any atom is -0.481 e. The van der Waals surface area contributed by atoms with Gasteiger partial charge in [-0.1, -0.05) is 47.7 Å². The summed E-state index contributed by atoms with van der Waals surface area (Å²) in [6, 6.07) is 5.47. The average Bonchev–Trinajstić information content (AvgIpc) is 2.77. The van der Waals surface area contributed by atoms with Crippen molar-refractivity contribution < 1.29 is 24.6 Å². The largest absolute Gasteiger partial charge is 0.481 e. The highest BCUT2D eigenvalue weighted by Gasteiger charge is 2.40. The lowest BCUT2D eigenvalue weighted by atomic mass is 10.1. The third-order valence-electron chi connectivity index (χ3n) is 3.22. The number of hydrogen-bond acceptors (Lipinski definition) is 5. The SMILES string of the molecule is O=C(O)CCC(C(=O)O)N1C(=O)/C(=C/c2ccc(Cl)cc2)SC1=S. The van der Waals surface area contributed by atoms with Gasteiger partial charge in [0.2, 0.25) is 0 Å². The Bertz CT molecular complexity index is 732. The molecule has 1 fully saturated rings. The number of carboxylic acid groups (broad SMARTS) is 2. The Morgan fingerprint density at radius 1 is 1.29 bits per heavy atom. The van der Waals surface area contributed by atoms with Crippen molar-refractivity contribution in [2.75, 3.05) is 0 Å². The van der Waals surface area contributed by atoms with Crippen LogP contribution in [0.15, 0.2) is 29.2 Å². The summed E-state index contributed by atoms with van der Waals surface area (Å²) in [4.78, 5) is 35.8. The number of aliphatic carboxylic acids is 2. The summed E-state index contributed by atoms with van der Waals surface area (Å²) in [5, 5.41) is 18.6. The van der Waals surface area contributed by atoms with Gasteiger partial charge in [-0.25, -0.2) is 4.79 Å². The lowest BCUT2D eigenvalue weighted by molar-refractivity contribution is -0.146. The number of halogens is 1. The summed E-state index contributed by atoms with van der Waals surface area (Å²) < 4.78 is 0.0954. The van der Waals surface area contributed by atoms with Crippen molar-refractivity contribution in [2.24, 2.45) is 0 Å². The maximum atomic E-state index is 12.5. The van der Waals surface area contributed by atoms with Crippen molar-refractivity contribution >= 4 is 63.8 Å². The van der Waals surface area contributed by atoms with Gasteiger partial charge in [0, 0.05) is 11.4 Å². The minimum absolute atomic E-state index is 0.0954. The van der Waals surface area contributed by atoms with E-state index in [0.717, 1.165) is 22.2 Å². The maximum absolute atomic E-state index is 12.5. The molecule has 0 spiro atoms. The molecule has 1 heterocycles. The zero-order valence-electron chi connectivity index (χ0n) is 12.1. The van der Waals surface area contributed by atoms with Crippen molar-refractivity contribution in [3.63, 3.8) is 0 Å². The predicted octanol–water partition coefficient (Wildman–Crippen LogP) is 2.86. The fourth-order valence-electron chi connectivity index (χ4n) is 2.08. The maximum Gasteiger partial charge on any atom is 0.326 e. The van der Waals surface area contributed by atoms with Crippen molar-refractivity contribution in [1.29, 1.82) is 0 Å². The summed E-state index contributed by atoms with van der Waals surface area (Å²) in [7, 11) is 0. The highest BCUT2D eigenvalue weighted by Crippen LogP contribution is 2.35. The number of amides is 1. The summed E-state index contributed by atoms with van der Waals surface area (Å²) >= 11 is 11.9. The molecule has 1 atom stereocenters. The van der Waals surface area contributed by atoms with Gasteiger partial charge in [0.25, 0.3) is 5.91 Å². The van der Waals surface area contributed by atoms with Crippen molar-refractivity contribution in [2.45, 2.75) is 18.9 Å². The van der Waals surface area contributed by atoms with Gasteiger partial charge in [0.15, 0.2) is 0 Å². The molecule has 0 aromatic heterocycles. The van der Waals surface area contributed by atoms with Crippen molar-refractivity contribution in [1.82, 2.24) is 4.90 Å². The molecule has 1 aliphatic rings. The molecule has 24 heavy (non-hydrogen) atoms. The molecule has 0 saturated carbocycles. The molecular weight excluding hydrogens is 374 g/mol. The topological polar surface area (TPSA) is 94.9 Å². The van der Waals surface area contributed by atoms with Crippen LogP contribution in [0, 0.1) is 0 Å². The van der Waals surface area contributed by atoms with Crippen molar-refractivity contribution in [3.8, 4) is 0 Å². The third-order valence-corrected chi connectivity index (χ3v) is 4.80. The van der Waals surface area contributed by atoms with E-state index in [0.29, 0.717) is 5.02 Å². The zero-order chi connectivity index (χ0) is 17.9. The van der Waals surface area contributed by atoms with Gasteiger partial charge in [-0.05, 0) is 30.2 Å². The van der Waals surface area contributed by atoms with Crippen LogP contribution in [-0.4, -0.2) is 43.3 Å². The summed E-state index contributed by atoms with van der Waals surface area (Å²) in [5.74, 6) is -2.97. The Labute approximate surface area is 152 Å². The number of thioether (sulfide) groups is 1. The monoisotopic (exact) mass is 385 g/mol. The molecule has 1 aromatic rings. The van der Waals surface area contributed by atoms with Gasteiger partial charge in [0.1, 0.15) is 10.4 Å². The number of carbonyl (C=O) groups is 3. The number of benzene rings is 1. The van der Waals surface area contributed by atoms with Gasteiger partial charge < -0.3 is 10.2 Å². The Hall–Kier alpha value is -1.90. The molecule has 126 valence electrons. The van der Waals surface area contributed by atoms with Crippen LogP contribution in [0.5, 0.6) is 0 Å². The normalized spacial score (nSPS) is 17.4. The molecular formula is C15H12ClNO5S2. The van der Waals surface area contributed by atoms with Gasteiger partial charge in [-0.15, -0.1) is 0 Å². The highest BCUT2D eigenvalue weighted by atomic mass is 35.5. The van der Waals surface area contributed by atoms with Gasteiger partial charge in [0.05, 0.1) is 4.91 Å². The minimum atomic E-state index is -1.30. The van der Waals surface area contributed by atoms with Crippen molar-refractivity contribution in [3.05, 3.63) is 39.8 Å². The molecule has 2 rings (SSSR count). The number of thiocarbonyl (C=S) groups is 1. The molecule has 6 nitrogen and oxygen atoms in total. The first-order valence-electron chi connectivity index (χ1n) is 6.77. The number of carboxylic acids is 2. The Kier molecular flexibility index (Phi) is 5.98. The molecule has 9 heteroatoms. The summed E-state index contributed by atoms with van der Waals surface area (Å²) in [5.41, 5.74) is 0.720. The fraction of sp³-hybridized carbons (Fsp3) is 0.200. The molecule has 0 bridgehead atoms. The Morgan fingerprint density at radius 3 is 2.46 bits per heavy atom. The number of rotatable bonds is 6. The lowest BCUT2D eigenvalue weighted by Gasteiger charge is -2.22. The smallest absolute Gasteiger partial charge is 0.326 e. The second-order valence-electron chi connectivity index (χ2n) is 4.89. The van der Waals surface area contributed by atoms with E-state index in [1.165, 1.54) is 0 Å². The van der Waals surface area contributed by atoms with E-state index in [2.05, 4.69) is 0 Å². The van der Waals surface area contributed by atoms with Gasteiger partial charge in [-0.2, -0.15) is 0 Å². The van der Waals surface area contributed by atoms with Crippen LogP contribution >= 0.6 is 35.6 Å². The molecule has 1 aromatic carbocycles. The Morgan fingerprint density at radius 2 is 1.92 bits per heavy atom. The Balaban J connectivity index is 2.24. The van der Waals surface area contributed by atoms with E-state index < -0.39 is 23.9 Å². The molecule has 0 aliphatic carbocycles. The van der Waals surface area contributed by atoms with Crippen LogP contribution in [0.3, 0.4) is 0 Å². The number of nitrogens with zero attached hydrogens (tertiary/aromatic N) is 1. The van der Waals surface area contributed by atoms with Crippen LogP contribution in [0.2, 0.25) is 5.02 Å². The van der Waals surface area contributed by atoms with E-state index in [1.54, 1.807) is 30.3 Å². The molecule has 2 N–H and O–H groups in total. The first kappa shape index (κ1) is 18.4. The highest BCUT2D eigenvalue weighted by molar-refractivity contribution is 8.26. The van der Waals surface area contributed by atoms with E-state index >= 15 is 0 Å². The predicted molar refractivity (Wildman–Crippen MR) is 94.8 cm³/mol. The average molecular weight is 386 g/mol. The van der Waals surface area contributed by atoms with Crippen LogP contribution in [0.1, 0.15) is 18.4 Å². The fourth-order valence-corrected chi connectivity index (χ4v) is 3.56. The molecule has 1 aliphatic heterocycles. The van der Waals surface area contributed by atoms with Crippen LogP contribution in [-0.2, 0) is 14.4 Å². The second-order valence-corrected chi connectivity index (χ2v) is 7.00. The number of hydrogen-bond donors (Lipinski definition) is 2. The molecule has 1 amide bonds. The third kappa shape index (κ3) is 4.34. The standard InChI is InChI=1S/C15H12ClNO5S2/c16-9-3-1-8(2-4-9)7-11-13(20)17(15(23)24-11)10(14(21)22)5-6-12(18)19/h1-4,7,10H,5-6H2,(H,18,19)(H,21,22)/b11-7-. The van der Waals surface area contributed by atoms with E-state index in [-0.39, 0.29) is 22.1 Å². The van der Waals surface area contributed by atoms with Crippen LogP contribution < -0.4 is 0 Å². The van der Waals surface area contributed by atoms with Crippen LogP contribution in [0.25, 0.3) is 6.08 Å². The first-order chi connectivity index (χ1) is 11.3. The first-order valence-corrected chi connectivity index (χ1v) is 8.37.